The number of rotatable bonds is 3. The van der Waals surface area contributed by atoms with Crippen molar-refractivity contribution in [3.8, 4) is 0 Å². The second-order valence-electron chi connectivity index (χ2n) is 4.14. The van der Waals surface area contributed by atoms with Crippen LogP contribution in [0.3, 0.4) is 0 Å². The van der Waals surface area contributed by atoms with E-state index in [1.165, 1.54) is 6.42 Å². The molecule has 1 saturated heterocycles. The van der Waals surface area contributed by atoms with Crippen LogP contribution < -0.4 is 11.1 Å². The van der Waals surface area contributed by atoms with Crippen LogP contribution in [0, 0.1) is 5.92 Å². The third-order valence-corrected chi connectivity index (χ3v) is 2.80. The van der Waals surface area contributed by atoms with Gasteiger partial charge in [0, 0.05) is 26.1 Å². The number of carbonyl (C=O) groups excluding carboxylic acids is 1. The van der Waals surface area contributed by atoms with E-state index in [9.17, 15) is 4.79 Å². The van der Waals surface area contributed by atoms with Crippen molar-refractivity contribution in [3.05, 3.63) is 0 Å². The Morgan fingerprint density at radius 3 is 3.00 bits per heavy atom. The normalized spacial score (nSPS) is 21.1. The van der Waals surface area contributed by atoms with Crippen LogP contribution in [0.15, 0.2) is 0 Å². The molecule has 1 aliphatic heterocycles. The number of likely N-dealkylation sites (tertiary alicyclic amines) is 1. The summed E-state index contributed by atoms with van der Waals surface area (Å²) in [5, 5.41) is 2.82. The Kier molecular flexibility index (Phi) is 4.81. The maximum atomic E-state index is 11.7. The molecule has 0 aromatic carbocycles. The first kappa shape index (κ1) is 12.2. The van der Waals surface area contributed by atoms with Crippen molar-refractivity contribution < 1.29 is 4.79 Å². The topological polar surface area (TPSA) is 58.4 Å². The van der Waals surface area contributed by atoms with Crippen LogP contribution in [-0.2, 0) is 0 Å². The molecule has 86 valence electrons. The molecule has 0 spiro atoms. The summed E-state index contributed by atoms with van der Waals surface area (Å²) < 4.78 is 0. The van der Waals surface area contributed by atoms with Gasteiger partial charge in [0.1, 0.15) is 0 Å². The van der Waals surface area contributed by atoms with Gasteiger partial charge in [-0.2, -0.15) is 0 Å². The maximum Gasteiger partial charge on any atom is 0.317 e. The molecule has 4 nitrogen and oxygen atoms in total. The molecule has 1 aliphatic rings. The Hall–Kier alpha value is -0.840. The number of nitrogens with two attached hydrogens (primary N) is 1. The summed E-state index contributed by atoms with van der Waals surface area (Å²) in [6, 6.07) is 0.0119. The Balaban J connectivity index is 2.24. The zero-order chi connectivity index (χ0) is 11.3. The number of piperidine rings is 1. The number of nitrogens with one attached hydrogen (secondary N) is 1. The van der Waals surface area contributed by atoms with Gasteiger partial charge in [-0.3, -0.25) is 0 Å². The van der Waals surface area contributed by atoms with E-state index in [-0.39, 0.29) is 6.03 Å². The number of hydrogen-bond donors (Lipinski definition) is 2. The standard InChI is InChI=1S/C10H19N3OS/c1-8-3-2-6-13(7-8)10(14)12-5-4-9(11)15/h8H,2-7H2,1H3,(H2,11,15)(H,12,14). The zero-order valence-electron chi connectivity index (χ0n) is 9.16. The largest absolute Gasteiger partial charge is 0.393 e. The predicted molar refractivity (Wildman–Crippen MR) is 64.8 cm³/mol. The molecule has 5 heteroatoms. The summed E-state index contributed by atoms with van der Waals surface area (Å²) in [5.41, 5.74) is 5.35. The van der Waals surface area contributed by atoms with Gasteiger partial charge in [-0.15, -0.1) is 0 Å². The van der Waals surface area contributed by atoms with Crippen molar-refractivity contribution >= 4 is 23.2 Å². The van der Waals surface area contributed by atoms with E-state index >= 15 is 0 Å². The highest BCUT2D eigenvalue weighted by molar-refractivity contribution is 7.80. The summed E-state index contributed by atoms with van der Waals surface area (Å²) in [7, 11) is 0. The molecule has 0 aromatic rings. The average molecular weight is 229 g/mol. The van der Waals surface area contributed by atoms with E-state index in [1.54, 1.807) is 0 Å². The molecular weight excluding hydrogens is 210 g/mol. The highest BCUT2D eigenvalue weighted by atomic mass is 32.1. The zero-order valence-corrected chi connectivity index (χ0v) is 9.98. The highest BCUT2D eigenvalue weighted by Crippen LogP contribution is 2.14. The monoisotopic (exact) mass is 229 g/mol. The van der Waals surface area contributed by atoms with E-state index in [0.717, 1.165) is 19.5 Å². The molecule has 15 heavy (non-hydrogen) atoms. The summed E-state index contributed by atoms with van der Waals surface area (Å²) in [4.78, 5) is 14.0. The van der Waals surface area contributed by atoms with Crippen molar-refractivity contribution in [1.82, 2.24) is 10.2 Å². The maximum absolute atomic E-state index is 11.7. The smallest absolute Gasteiger partial charge is 0.317 e. The van der Waals surface area contributed by atoms with E-state index in [0.29, 0.717) is 23.9 Å². The van der Waals surface area contributed by atoms with Crippen LogP contribution >= 0.6 is 12.2 Å². The van der Waals surface area contributed by atoms with E-state index in [1.807, 2.05) is 4.90 Å². The van der Waals surface area contributed by atoms with Gasteiger partial charge in [-0.1, -0.05) is 19.1 Å². The Bertz CT molecular complexity index is 245. The molecule has 3 N–H and O–H groups in total. The number of urea groups is 1. The fourth-order valence-electron chi connectivity index (χ4n) is 1.78. The summed E-state index contributed by atoms with van der Waals surface area (Å²) in [5.74, 6) is 0.611. The van der Waals surface area contributed by atoms with Crippen LogP contribution in [0.1, 0.15) is 26.2 Å². The van der Waals surface area contributed by atoms with Gasteiger partial charge in [-0.25, -0.2) is 4.79 Å². The Labute approximate surface area is 96.2 Å². The lowest BCUT2D eigenvalue weighted by Gasteiger charge is -2.30. The molecule has 2 amide bonds. The quantitative estimate of drug-likeness (QED) is 0.713. The van der Waals surface area contributed by atoms with Crippen LogP contribution in [0.2, 0.25) is 0 Å². The summed E-state index contributed by atoms with van der Waals surface area (Å²) >= 11 is 4.74. The molecule has 1 atom stereocenters. The molecular formula is C10H19N3OS. The second kappa shape index (κ2) is 5.90. The van der Waals surface area contributed by atoms with E-state index in [4.69, 9.17) is 18.0 Å². The Morgan fingerprint density at radius 1 is 1.67 bits per heavy atom. The van der Waals surface area contributed by atoms with Crippen LogP contribution in [0.5, 0.6) is 0 Å². The number of hydrogen-bond acceptors (Lipinski definition) is 2. The lowest BCUT2D eigenvalue weighted by atomic mass is 10.0. The van der Waals surface area contributed by atoms with Gasteiger partial charge in [0.25, 0.3) is 0 Å². The fourth-order valence-corrected chi connectivity index (χ4v) is 1.88. The molecule has 0 radical (unpaired) electrons. The van der Waals surface area contributed by atoms with Crippen molar-refractivity contribution in [2.75, 3.05) is 19.6 Å². The first-order valence-electron chi connectivity index (χ1n) is 5.40. The van der Waals surface area contributed by atoms with E-state index in [2.05, 4.69) is 12.2 Å². The molecule has 1 unspecified atom stereocenters. The minimum atomic E-state index is 0.0119. The van der Waals surface area contributed by atoms with Crippen LogP contribution in [0.25, 0.3) is 0 Å². The van der Waals surface area contributed by atoms with Gasteiger partial charge in [0.15, 0.2) is 0 Å². The summed E-state index contributed by atoms with van der Waals surface area (Å²) in [6.07, 6.45) is 2.89. The van der Waals surface area contributed by atoms with Crippen molar-refractivity contribution in [1.29, 1.82) is 0 Å². The van der Waals surface area contributed by atoms with Crippen LogP contribution in [0.4, 0.5) is 4.79 Å². The molecule has 0 aliphatic carbocycles. The van der Waals surface area contributed by atoms with Gasteiger partial charge in [0.2, 0.25) is 0 Å². The number of thiocarbonyl (C=S) groups is 1. The minimum absolute atomic E-state index is 0.0119. The molecule has 0 aromatic heterocycles. The van der Waals surface area contributed by atoms with Crippen molar-refractivity contribution in [2.45, 2.75) is 26.2 Å². The van der Waals surface area contributed by atoms with Gasteiger partial charge in [0.05, 0.1) is 4.99 Å². The minimum Gasteiger partial charge on any atom is -0.393 e. The van der Waals surface area contributed by atoms with Gasteiger partial charge in [-0.05, 0) is 18.8 Å². The Morgan fingerprint density at radius 2 is 2.40 bits per heavy atom. The summed E-state index contributed by atoms with van der Waals surface area (Å²) in [6.45, 7) is 4.44. The third kappa shape index (κ3) is 4.46. The second-order valence-corrected chi connectivity index (χ2v) is 4.67. The molecule has 0 bridgehead atoms. The SMILES string of the molecule is CC1CCCN(C(=O)NCCC(N)=S)C1. The number of carbonyl (C=O) groups is 1. The first-order chi connectivity index (χ1) is 7.09. The van der Waals surface area contributed by atoms with Gasteiger partial charge >= 0.3 is 6.03 Å². The molecule has 1 rings (SSSR count). The predicted octanol–water partition coefficient (Wildman–Crippen LogP) is 1.10. The van der Waals surface area contributed by atoms with Crippen molar-refractivity contribution in [3.63, 3.8) is 0 Å². The average Bonchev–Trinajstić information content (AvgIpc) is 2.17. The first-order valence-corrected chi connectivity index (χ1v) is 5.81. The highest BCUT2D eigenvalue weighted by Gasteiger charge is 2.20. The van der Waals surface area contributed by atoms with Crippen molar-refractivity contribution in [2.24, 2.45) is 11.7 Å². The third-order valence-electron chi connectivity index (χ3n) is 2.59. The molecule has 0 saturated carbocycles. The lowest BCUT2D eigenvalue weighted by Crippen LogP contribution is -2.45. The van der Waals surface area contributed by atoms with Crippen LogP contribution in [-0.4, -0.2) is 35.6 Å². The number of amides is 2. The van der Waals surface area contributed by atoms with Gasteiger partial charge < -0.3 is 16.0 Å². The fraction of sp³-hybridized carbons (Fsp3) is 0.800. The molecule has 1 fully saturated rings. The molecule has 1 heterocycles. The van der Waals surface area contributed by atoms with E-state index < -0.39 is 0 Å². The lowest BCUT2D eigenvalue weighted by molar-refractivity contribution is 0.170. The number of nitrogens with zero attached hydrogens (tertiary/aromatic N) is 1.